The van der Waals surface area contributed by atoms with Crippen LogP contribution in [-0.2, 0) is 10.2 Å². The molecule has 0 saturated carbocycles. The molecule has 0 saturated heterocycles. The van der Waals surface area contributed by atoms with Crippen molar-refractivity contribution >= 4 is 10.2 Å². The summed E-state index contributed by atoms with van der Waals surface area (Å²) in [6.45, 7) is 0.183. The molecule has 0 aliphatic rings. The number of halogens is 4. The van der Waals surface area contributed by atoms with E-state index >= 15 is 0 Å². The maximum Gasteiger partial charge on any atom is 0.305 e. The number of hydrogen-bond acceptors (Lipinski definition) is 2. The molecule has 0 heterocycles. The normalized spacial score (nSPS) is 16.5. The van der Waals surface area contributed by atoms with E-state index in [1.165, 1.54) is 0 Å². The average Bonchev–Trinajstić information content (AvgIpc) is 1.56. The van der Waals surface area contributed by atoms with Gasteiger partial charge < -0.3 is 0 Å². The second kappa shape index (κ2) is 2.96. The summed E-state index contributed by atoms with van der Waals surface area (Å²) >= 11 is 0. The molecule has 1 atom stereocenters. The molecule has 0 aromatic carbocycles. The molecular formula is C4H6F4O2S. The van der Waals surface area contributed by atoms with Crippen LogP contribution in [0.3, 0.4) is 0 Å². The average molecular weight is 194 g/mol. The molecule has 0 aliphatic carbocycles. The molecular weight excluding hydrogens is 188 g/mol. The van der Waals surface area contributed by atoms with Crippen molar-refractivity contribution < 1.29 is 25.5 Å². The molecule has 0 spiro atoms. The molecule has 0 fully saturated rings. The van der Waals surface area contributed by atoms with Gasteiger partial charge >= 0.3 is 10.2 Å². The van der Waals surface area contributed by atoms with E-state index in [1.54, 1.807) is 0 Å². The third kappa shape index (κ3) is 5.00. The van der Waals surface area contributed by atoms with Crippen LogP contribution >= 0.6 is 0 Å². The van der Waals surface area contributed by atoms with Crippen molar-refractivity contribution in [3.8, 4) is 0 Å². The standard InChI is InChI=1S/C4H6F4O2S/c1-4(6,7)3(5)2-11(8,9)10/h3H,2H2,1H3. The van der Waals surface area contributed by atoms with Gasteiger partial charge in [-0.15, -0.1) is 3.89 Å². The Hall–Kier alpha value is -0.330. The first kappa shape index (κ1) is 10.7. The Labute approximate surface area is 61.4 Å². The summed E-state index contributed by atoms with van der Waals surface area (Å²) in [5, 5.41) is 0. The molecule has 7 heteroatoms. The first-order chi connectivity index (χ1) is 4.63. The number of alkyl halides is 3. The summed E-state index contributed by atoms with van der Waals surface area (Å²) in [5.41, 5.74) is 0. The number of hydrogen-bond donors (Lipinski definition) is 0. The molecule has 0 aromatic heterocycles. The van der Waals surface area contributed by atoms with Crippen molar-refractivity contribution in [3.63, 3.8) is 0 Å². The van der Waals surface area contributed by atoms with Crippen LogP contribution in [0.1, 0.15) is 6.92 Å². The highest BCUT2D eigenvalue weighted by Crippen LogP contribution is 2.21. The minimum atomic E-state index is -5.16. The molecule has 1 unspecified atom stereocenters. The van der Waals surface area contributed by atoms with Crippen LogP contribution in [0.2, 0.25) is 0 Å². The number of rotatable bonds is 3. The van der Waals surface area contributed by atoms with E-state index in [1.807, 2.05) is 0 Å². The molecule has 0 bridgehead atoms. The van der Waals surface area contributed by atoms with Crippen LogP contribution in [0.4, 0.5) is 17.1 Å². The molecule has 0 rings (SSSR count). The molecule has 0 aliphatic heterocycles. The van der Waals surface area contributed by atoms with E-state index in [0.29, 0.717) is 0 Å². The molecule has 2 nitrogen and oxygen atoms in total. The zero-order valence-corrected chi connectivity index (χ0v) is 6.34. The van der Waals surface area contributed by atoms with Crippen molar-refractivity contribution in [3.05, 3.63) is 0 Å². The van der Waals surface area contributed by atoms with Gasteiger partial charge in [0.2, 0.25) is 0 Å². The maximum absolute atomic E-state index is 12.0. The molecule has 68 valence electrons. The Balaban J connectivity index is 4.21. The van der Waals surface area contributed by atoms with Gasteiger partial charge in [0, 0.05) is 6.92 Å². The minimum Gasteiger partial charge on any atom is -0.240 e. The van der Waals surface area contributed by atoms with Gasteiger partial charge in [0.1, 0.15) is 5.75 Å². The highest BCUT2D eigenvalue weighted by atomic mass is 32.3. The van der Waals surface area contributed by atoms with Gasteiger partial charge in [-0.3, -0.25) is 0 Å². The fourth-order valence-corrected chi connectivity index (χ4v) is 0.963. The predicted octanol–water partition coefficient (Wildman–Crippen LogP) is 1.28. The van der Waals surface area contributed by atoms with E-state index < -0.39 is 28.1 Å². The van der Waals surface area contributed by atoms with Crippen molar-refractivity contribution in [2.75, 3.05) is 5.75 Å². The lowest BCUT2D eigenvalue weighted by Crippen LogP contribution is -2.31. The quantitative estimate of drug-likeness (QED) is 0.501. The lowest BCUT2D eigenvalue weighted by Gasteiger charge is -2.12. The minimum absolute atomic E-state index is 0.183. The van der Waals surface area contributed by atoms with Crippen molar-refractivity contribution in [1.29, 1.82) is 0 Å². The van der Waals surface area contributed by atoms with Gasteiger partial charge in [-0.1, -0.05) is 0 Å². The Bertz CT molecular complexity index is 217. The summed E-state index contributed by atoms with van der Waals surface area (Å²) in [7, 11) is -5.16. The first-order valence-corrected chi connectivity index (χ1v) is 4.12. The second-order valence-corrected chi connectivity index (χ2v) is 3.54. The van der Waals surface area contributed by atoms with Crippen molar-refractivity contribution in [2.45, 2.75) is 19.0 Å². The van der Waals surface area contributed by atoms with Gasteiger partial charge in [-0.05, 0) is 0 Å². The van der Waals surface area contributed by atoms with Crippen LogP contribution in [0.15, 0.2) is 0 Å². The van der Waals surface area contributed by atoms with Crippen molar-refractivity contribution in [2.24, 2.45) is 0 Å². The third-order valence-corrected chi connectivity index (χ3v) is 1.59. The molecule has 0 N–H and O–H groups in total. The Morgan fingerprint density at radius 3 is 1.91 bits per heavy atom. The zero-order chi connectivity index (χ0) is 9.28. The monoisotopic (exact) mass is 194 g/mol. The van der Waals surface area contributed by atoms with E-state index in [2.05, 4.69) is 0 Å². The Morgan fingerprint density at radius 1 is 1.45 bits per heavy atom. The fraction of sp³-hybridized carbons (Fsp3) is 1.00. The van der Waals surface area contributed by atoms with Gasteiger partial charge in [-0.25, -0.2) is 13.2 Å². The third-order valence-electron chi connectivity index (χ3n) is 0.895. The Kier molecular flexibility index (Phi) is 2.87. The lowest BCUT2D eigenvalue weighted by atomic mass is 10.3. The van der Waals surface area contributed by atoms with Crippen molar-refractivity contribution in [1.82, 2.24) is 0 Å². The van der Waals surface area contributed by atoms with E-state index in [0.717, 1.165) is 0 Å². The first-order valence-electron chi connectivity index (χ1n) is 2.57. The highest BCUT2D eigenvalue weighted by Gasteiger charge is 2.37. The Morgan fingerprint density at radius 2 is 1.82 bits per heavy atom. The van der Waals surface area contributed by atoms with Gasteiger partial charge in [0.15, 0.2) is 6.17 Å². The SMILES string of the molecule is CC(F)(F)C(F)CS(=O)(=O)F. The van der Waals surface area contributed by atoms with Gasteiger partial charge in [-0.2, -0.15) is 8.42 Å². The summed E-state index contributed by atoms with van der Waals surface area (Å²) in [4.78, 5) is 0. The lowest BCUT2D eigenvalue weighted by molar-refractivity contribution is -0.0457. The summed E-state index contributed by atoms with van der Waals surface area (Å²) in [5.74, 6) is -5.62. The molecule has 11 heavy (non-hydrogen) atoms. The molecule has 0 amide bonds. The van der Waals surface area contributed by atoms with E-state index in [-0.39, 0.29) is 6.92 Å². The van der Waals surface area contributed by atoms with E-state index in [4.69, 9.17) is 0 Å². The topological polar surface area (TPSA) is 34.1 Å². The summed E-state index contributed by atoms with van der Waals surface area (Å²) in [6, 6.07) is 0. The summed E-state index contributed by atoms with van der Waals surface area (Å²) < 4.78 is 66.6. The van der Waals surface area contributed by atoms with E-state index in [9.17, 15) is 25.5 Å². The largest absolute Gasteiger partial charge is 0.305 e. The molecule has 0 radical (unpaired) electrons. The predicted molar refractivity (Wildman–Crippen MR) is 30.4 cm³/mol. The van der Waals surface area contributed by atoms with Crippen LogP contribution in [0.25, 0.3) is 0 Å². The molecule has 0 aromatic rings. The fourth-order valence-electron chi connectivity index (χ4n) is 0.321. The smallest absolute Gasteiger partial charge is 0.240 e. The maximum atomic E-state index is 12.0. The van der Waals surface area contributed by atoms with Crippen LogP contribution in [0.5, 0.6) is 0 Å². The van der Waals surface area contributed by atoms with Crippen LogP contribution < -0.4 is 0 Å². The second-order valence-electron chi connectivity index (χ2n) is 2.13. The zero-order valence-electron chi connectivity index (χ0n) is 5.52. The summed E-state index contributed by atoms with van der Waals surface area (Å²) in [6.07, 6.45) is -2.99. The van der Waals surface area contributed by atoms with Crippen LogP contribution in [0, 0.1) is 0 Å². The van der Waals surface area contributed by atoms with Crippen LogP contribution in [-0.4, -0.2) is 26.3 Å². The highest BCUT2D eigenvalue weighted by molar-refractivity contribution is 7.86. The van der Waals surface area contributed by atoms with Gasteiger partial charge in [0.25, 0.3) is 5.92 Å². The van der Waals surface area contributed by atoms with Gasteiger partial charge in [0.05, 0.1) is 0 Å².